The highest BCUT2D eigenvalue weighted by molar-refractivity contribution is 5.80. The van der Waals surface area contributed by atoms with Crippen molar-refractivity contribution in [2.45, 2.75) is 53.6 Å². The van der Waals surface area contributed by atoms with Crippen molar-refractivity contribution >= 4 is 11.1 Å². The Bertz CT molecular complexity index is 865. The average molecular weight is 329 g/mol. The Morgan fingerprint density at radius 2 is 1.00 bits per heavy atom. The Kier molecular flexibility index (Phi) is 3.73. The van der Waals surface area contributed by atoms with E-state index in [0.29, 0.717) is 12.1 Å². The lowest BCUT2D eigenvalue weighted by atomic mass is 9.97. The Morgan fingerprint density at radius 3 is 1.40 bits per heavy atom. The van der Waals surface area contributed by atoms with Gasteiger partial charge in [0, 0.05) is 0 Å². The second-order valence-corrected chi connectivity index (χ2v) is 7.73. The van der Waals surface area contributed by atoms with Crippen LogP contribution in [-0.2, 0) is 0 Å². The Balaban J connectivity index is 1.79. The maximum absolute atomic E-state index is 3.99. The number of allylic oxidation sites excluding steroid dienone is 2. The lowest BCUT2D eigenvalue weighted by Crippen LogP contribution is -2.26. The van der Waals surface area contributed by atoms with Gasteiger partial charge in [0.15, 0.2) is 0 Å². The zero-order chi connectivity index (χ0) is 17.9. The van der Waals surface area contributed by atoms with Gasteiger partial charge in [0.25, 0.3) is 0 Å². The van der Waals surface area contributed by atoms with E-state index in [2.05, 4.69) is 83.3 Å². The third kappa shape index (κ3) is 2.26. The highest BCUT2D eigenvalue weighted by Crippen LogP contribution is 2.46. The summed E-state index contributed by atoms with van der Waals surface area (Å²) in [6.07, 6.45) is 0. The van der Waals surface area contributed by atoms with E-state index >= 15 is 0 Å². The molecule has 2 aliphatic carbocycles. The monoisotopic (exact) mass is 329 g/mol. The second kappa shape index (κ2) is 5.71. The summed E-state index contributed by atoms with van der Waals surface area (Å²) in [5, 5.41) is 3.99. The molecule has 2 unspecified atom stereocenters. The van der Waals surface area contributed by atoms with Gasteiger partial charge in [-0.2, -0.15) is 0 Å². The number of rotatable bonds is 2. The van der Waals surface area contributed by atoms with Crippen molar-refractivity contribution in [1.82, 2.24) is 5.32 Å². The normalized spacial score (nSPS) is 21.8. The molecule has 1 nitrogen and oxygen atoms in total. The number of fused-ring (bicyclic) bond motifs is 2. The smallest absolute Gasteiger partial charge is 0.0552 e. The van der Waals surface area contributed by atoms with Crippen LogP contribution in [0.1, 0.15) is 73.2 Å². The number of hydrogen-bond acceptors (Lipinski definition) is 1. The average Bonchev–Trinajstić information content (AvgIpc) is 2.97. The van der Waals surface area contributed by atoms with Gasteiger partial charge in [-0.25, -0.2) is 0 Å². The van der Waals surface area contributed by atoms with Crippen LogP contribution < -0.4 is 5.32 Å². The van der Waals surface area contributed by atoms with E-state index < -0.39 is 0 Å². The number of benzene rings is 2. The topological polar surface area (TPSA) is 12.0 Å². The van der Waals surface area contributed by atoms with Gasteiger partial charge in [-0.1, -0.05) is 36.4 Å². The van der Waals surface area contributed by atoms with Crippen LogP contribution in [0.2, 0.25) is 0 Å². The maximum Gasteiger partial charge on any atom is 0.0552 e. The lowest BCUT2D eigenvalue weighted by Gasteiger charge is -2.24. The van der Waals surface area contributed by atoms with E-state index in [-0.39, 0.29) is 0 Å². The van der Waals surface area contributed by atoms with Crippen molar-refractivity contribution in [3.05, 3.63) is 80.9 Å². The van der Waals surface area contributed by atoms with Crippen LogP contribution in [0.5, 0.6) is 0 Å². The van der Waals surface area contributed by atoms with Crippen molar-refractivity contribution in [3.8, 4) is 0 Å². The Hall–Kier alpha value is -2.12. The molecular weight excluding hydrogens is 302 g/mol. The van der Waals surface area contributed by atoms with Crippen LogP contribution >= 0.6 is 0 Å². The zero-order valence-electron chi connectivity index (χ0n) is 16.1. The molecule has 0 heterocycles. The van der Waals surface area contributed by atoms with Crippen LogP contribution in [-0.4, -0.2) is 0 Å². The van der Waals surface area contributed by atoms with Gasteiger partial charge in [0.05, 0.1) is 12.1 Å². The molecule has 0 bridgehead atoms. The first-order valence-electron chi connectivity index (χ1n) is 9.22. The SMILES string of the molecule is CC1=C(C)C(NC2C(C)=C(C)c3c(C)cccc32)c2cccc(C)c21. The summed E-state index contributed by atoms with van der Waals surface area (Å²) in [6.45, 7) is 13.5. The molecule has 0 fully saturated rings. The molecule has 2 aromatic rings. The molecule has 0 saturated heterocycles. The summed E-state index contributed by atoms with van der Waals surface area (Å²) in [6, 6.07) is 14.0. The van der Waals surface area contributed by atoms with Gasteiger partial charge in [0.2, 0.25) is 0 Å². The first-order chi connectivity index (χ1) is 11.9. The van der Waals surface area contributed by atoms with Crippen molar-refractivity contribution in [1.29, 1.82) is 0 Å². The maximum atomic E-state index is 3.99. The van der Waals surface area contributed by atoms with Gasteiger partial charge in [-0.3, -0.25) is 5.32 Å². The molecule has 25 heavy (non-hydrogen) atoms. The van der Waals surface area contributed by atoms with Crippen LogP contribution in [0, 0.1) is 13.8 Å². The second-order valence-electron chi connectivity index (χ2n) is 7.73. The molecule has 0 aliphatic heterocycles. The predicted octanol–water partition coefficient (Wildman–Crippen LogP) is 6.29. The highest BCUT2D eigenvalue weighted by Gasteiger charge is 2.33. The van der Waals surface area contributed by atoms with Crippen molar-refractivity contribution in [2.75, 3.05) is 0 Å². The lowest BCUT2D eigenvalue weighted by molar-refractivity contribution is 0.538. The molecule has 1 heteroatoms. The van der Waals surface area contributed by atoms with Crippen molar-refractivity contribution in [2.24, 2.45) is 0 Å². The van der Waals surface area contributed by atoms with Crippen LogP contribution in [0.15, 0.2) is 47.5 Å². The highest BCUT2D eigenvalue weighted by atomic mass is 15.0. The minimum atomic E-state index is 0.300. The first-order valence-corrected chi connectivity index (χ1v) is 9.22. The quantitative estimate of drug-likeness (QED) is 0.682. The molecule has 0 spiro atoms. The largest absolute Gasteiger partial charge is 0.296 e. The molecule has 2 aromatic carbocycles. The van der Waals surface area contributed by atoms with E-state index in [1.807, 2.05) is 0 Å². The summed E-state index contributed by atoms with van der Waals surface area (Å²) in [7, 11) is 0. The third-order valence-corrected chi connectivity index (χ3v) is 6.36. The van der Waals surface area contributed by atoms with Crippen LogP contribution in [0.3, 0.4) is 0 Å². The Labute approximate surface area is 151 Å². The number of aryl methyl sites for hydroxylation is 2. The fraction of sp³-hybridized carbons (Fsp3) is 0.333. The molecular formula is C24H27N. The van der Waals surface area contributed by atoms with Gasteiger partial charge in [-0.15, -0.1) is 0 Å². The molecule has 1 N–H and O–H groups in total. The standard InChI is InChI=1S/C24H27N/c1-13-9-7-11-19-21(13)15(3)17(5)23(19)25-24-18(6)16(4)22-14(2)10-8-12-20(22)24/h7-12,23-25H,1-6H3. The minimum absolute atomic E-state index is 0.300. The molecule has 128 valence electrons. The zero-order valence-corrected chi connectivity index (χ0v) is 16.1. The van der Waals surface area contributed by atoms with E-state index in [0.717, 1.165) is 0 Å². The number of nitrogens with one attached hydrogen (secondary N) is 1. The fourth-order valence-electron chi connectivity index (χ4n) is 4.78. The van der Waals surface area contributed by atoms with Crippen molar-refractivity contribution in [3.63, 3.8) is 0 Å². The van der Waals surface area contributed by atoms with Gasteiger partial charge >= 0.3 is 0 Å². The van der Waals surface area contributed by atoms with Crippen LogP contribution in [0.25, 0.3) is 11.1 Å². The first kappa shape index (κ1) is 16.4. The van der Waals surface area contributed by atoms with E-state index in [1.54, 1.807) is 0 Å². The number of hydrogen-bond donors (Lipinski definition) is 1. The minimum Gasteiger partial charge on any atom is -0.296 e. The molecule has 0 saturated carbocycles. The molecule has 4 rings (SSSR count). The molecule has 0 amide bonds. The van der Waals surface area contributed by atoms with Crippen LogP contribution in [0.4, 0.5) is 0 Å². The summed E-state index contributed by atoms with van der Waals surface area (Å²) in [5.74, 6) is 0. The van der Waals surface area contributed by atoms with Gasteiger partial charge in [0.1, 0.15) is 0 Å². The van der Waals surface area contributed by atoms with Gasteiger partial charge in [-0.05, 0) is 97.2 Å². The van der Waals surface area contributed by atoms with Crippen molar-refractivity contribution < 1.29 is 0 Å². The summed E-state index contributed by atoms with van der Waals surface area (Å²) in [5.41, 5.74) is 14.3. The molecule has 2 atom stereocenters. The molecule has 2 aliphatic rings. The Morgan fingerprint density at radius 1 is 0.600 bits per heavy atom. The predicted molar refractivity (Wildman–Crippen MR) is 108 cm³/mol. The molecule has 0 aromatic heterocycles. The van der Waals surface area contributed by atoms with E-state index in [9.17, 15) is 0 Å². The fourth-order valence-corrected chi connectivity index (χ4v) is 4.78. The molecule has 0 radical (unpaired) electrons. The summed E-state index contributed by atoms with van der Waals surface area (Å²) < 4.78 is 0. The van der Waals surface area contributed by atoms with E-state index in [4.69, 9.17) is 0 Å². The summed E-state index contributed by atoms with van der Waals surface area (Å²) in [4.78, 5) is 0. The third-order valence-electron chi connectivity index (χ3n) is 6.36. The van der Waals surface area contributed by atoms with Gasteiger partial charge < -0.3 is 0 Å². The summed E-state index contributed by atoms with van der Waals surface area (Å²) >= 11 is 0. The van der Waals surface area contributed by atoms with E-state index in [1.165, 1.54) is 55.7 Å².